The third-order valence-corrected chi connectivity index (χ3v) is 2.42. The average Bonchev–Trinajstić information content (AvgIpc) is 2.38. The van der Waals surface area contributed by atoms with E-state index in [1.807, 2.05) is 24.3 Å². The molecule has 0 spiro atoms. The Bertz CT molecular complexity index is 343. The van der Waals surface area contributed by atoms with Crippen molar-refractivity contribution < 1.29 is 14.3 Å². The normalized spacial score (nSPS) is 11.8. The molecule has 0 bridgehead atoms. The fraction of sp³-hybridized carbons (Fsp3) is 0.357. The lowest BCUT2D eigenvalue weighted by atomic mass is 10.1. The summed E-state index contributed by atoms with van der Waals surface area (Å²) in [4.78, 5) is 10.7. The lowest BCUT2D eigenvalue weighted by Crippen LogP contribution is -2.10. The predicted molar refractivity (Wildman–Crippen MR) is 67.0 cm³/mol. The van der Waals surface area contributed by atoms with Gasteiger partial charge in [-0.2, -0.15) is 0 Å². The second kappa shape index (κ2) is 7.63. The first-order valence-electron chi connectivity index (χ1n) is 5.57. The first kappa shape index (κ1) is 13.5. The van der Waals surface area contributed by atoms with Crippen molar-refractivity contribution in [1.82, 2.24) is 0 Å². The van der Waals surface area contributed by atoms with Gasteiger partial charge in [0.05, 0.1) is 20.3 Å². The fourth-order valence-electron chi connectivity index (χ4n) is 1.43. The summed E-state index contributed by atoms with van der Waals surface area (Å²) in [6.07, 6.45) is 3.30. The highest BCUT2D eigenvalue weighted by Gasteiger charge is 2.05. The Morgan fingerprint density at radius 1 is 1.35 bits per heavy atom. The zero-order valence-corrected chi connectivity index (χ0v) is 10.1. The van der Waals surface area contributed by atoms with E-state index in [1.54, 1.807) is 13.2 Å². The van der Waals surface area contributed by atoms with Crippen molar-refractivity contribution in [2.45, 2.75) is 13.0 Å². The summed E-state index contributed by atoms with van der Waals surface area (Å²) in [5.41, 5.74) is 1.06. The van der Waals surface area contributed by atoms with Crippen LogP contribution in [0.4, 0.5) is 0 Å². The number of ether oxygens (including phenoxy) is 2. The van der Waals surface area contributed by atoms with E-state index in [9.17, 15) is 4.79 Å². The molecule has 0 radical (unpaired) electrons. The van der Waals surface area contributed by atoms with E-state index < -0.39 is 0 Å². The summed E-state index contributed by atoms with van der Waals surface area (Å²) in [5, 5.41) is 0. The highest BCUT2D eigenvalue weighted by atomic mass is 16.5. The molecule has 0 aliphatic rings. The van der Waals surface area contributed by atoms with Crippen LogP contribution in [0.5, 0.6) is 5.75 Å². The van der Waals surface area contributed by atoms with E-state index in [1.165, 1.54) is 0 Å². The summed E-state index contributed by atoms with van der Waals surface area (Å²) in [5.74, 6) is 0.733. The number of hydrogen-bond donors (Lipinski definition) is 0. The van der Waals surface area contributed by atoms with Gasteiger partial charge in [-0.25, -0.2) is 0 Å². The monoisotopic (exact) mass is 234 g/mol. The van der Waals surface area contributed by atoms with Crippen LogP contribution in [0.2, 0.25) is 0 Å². The summed E-state index contributed by atoms with van der Waals surface area (Å²) < 4.78 is 10.5. The topological polar surface area (TPSA) is 35.5 Å². The molecular weight excluding hydrogens is 216 g/mol. The molecule has 1 rings (SSSR count). The highest BCUT2D eigenvalue weighted by molar-refractivity contribution is 5.53. The molecule has 0 saturated heterocycles. The maximum absolute atomic E-state index is 10.7. The van der Waals surface area contributed by atoms with Crippen LogP contribution in [0.15, 0.2) is 36.9 Å². The summed E-state index contributed by atoms with van der Waals surface area (Å²) in [6.45, 7) is 4.54. The fourth-order valence-corrected chi connectivity index (χ4v) is 1.43. The van der Waals surface area contributed by atoms with Crippen molar-refractivity contribution in [2.24, 2.45) is 5.92 Å². The second-order valence-electron chi connectivity index (χ2n) is 3.78. The van der Waals surface area contributed by atoms with Crippen LogP contribution in [0.25, 0.3) is 0 Å². The molecule has 0 N–H and O–H groups in total. The average molecular weight is 234 g/mol. The Labute approximate surface area is 102 Å². The van der Waals surface area contributed by atoms with Crippen molar-refractivity contribution in [3.63, 3.8) is 0 Å². The number of benzene rings is 1. The summed E-state index contributed by atoms with van der Waals surface area (Å²) in [6, 6.07) is 7.67. The van der Waals surface area contributed by atoms with Crippen molar-refractivity contribution >= 4 is 6.29 Å². The molecule has 1 unspecified atom stereocenters. The minimum Gasteiger partial charge on any atom is -0.497 e. The molecule has 3 heteroatoms. The molecule has 0 amide bonds. The molecular formula is C14H18O3. The van der Waals surface area contributed by atoms with Gasteiger partial charge in [0.25, 0.3) is 0 Å². The number of carbonyl (C=O) groups excluding carboxylic acids is 1. The number of carbonyl (C=O) groups is 1. The van der Waals surface area contributed by atoms with Crippen LogP contribution in [-0.4, -0.2) is 20.0 Å². The largest absolute Gasteiger partial charge is 0.497 e. The molecule has 1 aromatic rings. The SMILES string of the molecule is C=CCC(C=O)COCc1ccc(OC)cc1. The standard InChI is InChI=1S/C14H18O3/c1-3-4-13(9-15)11-17-10-12-5-7-14(16-2)8-6-12/h3,5-9,13H,1,4,10-11H2,2H3. The molecule has 0 saturated carbocycles. The van der Waals surface area contributed by atoms with Gasteiger partial charge in [0.1, 0.15) is 12.0 Å². The molecule has 17 heavy (non-hydrogen) atoms. The maximum atomic E-state index is 10.7. The smallest absolute Gasteiger partial charge is 0.125 e. The van der Waals surface area contributed by atoms with Crippen LogP contribution in [0.3, 0.4) is 0 Å². The Morgan fingerprint density at radius 3 is 2.59 bits per heavy atom. The molecule has 3 nitrogen and oxygen atoms in total. The van der Waals surface area contributed by atoms with Gasteiger partial charge in [-0.3, -0.25) is 0 Å². The van der Waals surface area contributed by atoms with Crippen molar-refractivity contribution in [3.05, 3.63) is 42.5 Å². The minimum atomic E-state index is -0.0919. The number of aldehydes is 1. The molecule has 0 aromatic heterocycles. The van der Waals surface area contributed by atoms with E-state index in [2.05, 4.69) is 6.58 Å². The van der Waals surface area contributed by atoms with Gasteiger partial charge in [-0.1, -0.05) is 18.2 Å². The van der Waals surface area contributed by atoms with Gasteiger partial charge >= 0.3 is 0 Å². The lowest BCUT2D eigenvalue weighted by molar-refractivity contribution is -0.112. The van der Waals surface area contributed by atoms with Crippen LogP contribution >= 0.6 is 0 Å². The van der Waals surface area contributed by atoms with Gasteiger partial charge in [0.2, 0.25) is 0 Å². The van der Waals surface area contributed by atoms with E-state index >= 15 is 0 Å². The second-order valence-corrected chi connectivity index (χ2v) is 3.78. The number of allylic oxidation sites excluding steroid dienone is 1. The molecule has 1 aromatic carbocycles. The van der Waals surface area contributed by atoms with Gasteiger partial charge in [0, 0.05) is 5.92 Å². The van der Waals surface area contributed by atoms with Gasteiger partial charge in [-0.15, -0.1) is 6.58 Å². The molecule has 1 atom stereocenters. The van der Waals surface area contributed by atoms with E-state index in [0.717, 1.165) is 17.6 Å². The summed E-state index contributed by atoms with van der Waals surface area (Å²) >= 11 is 0. The summed E-state index contributed by atoms with van der Waals surface area (Å²) in [7, 11) is 1.63. The first-order chi connectivity index (χ1) is 8.30. The van der Waals surface area contributed by atoms with Crippen LogP contribution in [0.1, 0.15) is 12.0 Å². The van der Waals surface area contributed by atoms with Crippen molar-refractivity contribution in [2.75, 3.05) is 13.7 Å². The molecule has 0 aliphatic heterocycles. The van der Waals surface area contributed by atoms with E-state index in [0.29, 0.717) is 19.6 Å². The molecule has 92 valence electrons. The maximum Gasteiger partial charge on any atom is 0.125 e. The number of methoxy groups -OCH3 is 1. The first-order valence-corrected chi connectivity index (χ1v) is 5.57. The van der Waals surface area contributed by atoms with Crippen LogP contribution < -0.4 is 4.74 Å². The van der Waals surface area contributed by atoms with E-state index in [-0.39, 0.29) is 5.92 Å². The zero-order valence-electron chi connectivity index (χ0n) is 10.1. The van der Waals surface area contributed by atoms with Crippen LogP contribution in [0, 0.1) is 5.92 Å². The molecule has 0 aliphatic carbocycles. The molecule has 0 fully saturated rings. The highest BCUT2D eigenvalue weighted by Crippen LogP contribution is 2.12. The Balaban J connectivity index is 2.34. The predicted octanol–water partition coefficient (Wildman–Crippen LogP) is 2.60. The zero-order chi connectivity index (χ0) is 12.5. The van der Waals surface area contributed by atoms with Gasteiger partial charge in [0.15, 0.2) is 0 Å². The Hall–Kier alpha value is -1.61. The lowest BCUT2D eigenvalue weighted by Gasteiger charge is -2.09. The number of rotatable bonds is 8. The van der Waals surface area contributed by atoms with Crippen molar-refractivity contribution in [1.29, 1.82) is 0 Å². The van der Waals surface area contributed by atoms with Crippen LogP contribution in [-0.2, 0) is 16.1 Å². The Kier molecular flexibility index (Phi) is 6.04. The van der Waals surface area contributed by atoms with Gasteiger partial charge < -0.3 is 14.3 Å². The number of hydrogen-bond acceptors (Lipinski definition) is 3. The van der Waals surface area contributed by atoms with Crippen molar-refractivity contribution in [3.8, 4) is 5.75 Å². The van der Waals surface area contributed by atoms with E-state index in [4.69, 9.17) is 9.47 Å². The minimum absolute atomic E-state index is 0.0919. The molecule has 0 heterocycles. The third-order valence-electron chi connectivity index (χ3n) is 2.42. The van der Waals surface area contributed by atoms with Gasteiger partial charge in [-0.05, 0) is 24.1 Å². The Morgan fingerprint density at radius 2 is 2.06 bits per heavy atom. The quantitative estimate of drug-likeness (QED) is 0.512. The third kappa shape index (κ3) is 4.83.